The molecule has 2 nitrogen and oxygen atoms in total. The minimum atomic E-state index is -6.00. The number of hydrogen-bond acceptors (Lipinski definition) is 0. The number of nitrogens with one attached hydrogen (secondary N) is 1. The van der Waals surface area contributed by atoms with E-state index in [1.165, 1.54) is 11.1 Å². The standard InChI is InChI=1S/C18H24NO.2BF4/c1-17(2,3)15-11-14(13-7-9-19-10-8-13)12-16(20-15)18(4,5)6;2*2-1(3,4)5/h7-12H,1-6H3;;/q+1;2*-1/p+1. The molecule has 0 atom stereocenters. The molecule has 0 aliphatic carbocycles. The Morgan fingerprint density at radius 2 is 0.933 bits per heavy atom. The Kier molecular flexibility index (Phi) is 9.53. The van der Waals surface area contributed by atoms with Gasteiger partial charge in [0.2, 0.25) is 0 Å². The van der Waals surface area contributed by atoms with Crippen molar-refractivity contribution in [3.63, 3.8) is 0 Å². The van der Waals surface area contributed by atoms with Crippen LogP contribution in [0.3, 0.4) is 0 Å². The van der Waals surface area contributed by atoms with Crippen LogP contribution in [0.5, 0.6) is 0 Å². The molecule has 0 radical (unpaired) electrons. The van der Waals surface area contributed by atoms with Crippen LogP contribution in [0.4, 0.5) is 34.5 Å². The molecule has 0 fully saturated rings. The highest BCUT2D eigenvalue weighted by Crippen LogP contribution is 2.33. The molecule has 2 heterocycles. The first kappa shape index (κ1) is 27.9. The average molecular weight is 445 g/mol. The van der Waals surface area contributed by atoms with E-state index in [1.807, 2.05) is 12.4 Å². The minimum absolute atomic E-state index is 0.00306. The van der Waals surface area contributed by atoms with Crippen LogP contribution in [0.2, 0.25) is 0 Å². The zero-order valence-corrected chi connectivity index (χ0v) is 17.6. The molecule has 0 amide bonds. The monoisotopic (exact) mass is 445 g/mol. The first-order valence-electron chi connectivity index (χ1n) is 8.88. The smallest absolute Gasteiger partial charge is 0.418 e. The second-order valence-corrected chi connectivity index (χ2v) is 8.35. The van der Waals surface area contributed by atoms with Gasteiger partial charge in [-0.15, -0.1) is 0 Å². The summed E-state index contributed by atoms with van der Waals surface area (Å²) in [6.07, 6.45) is 3.90. The highest BCUT2D eigenvalue weighted by molar-refractivity contribution is 6.50. The Bertz CT molecular complexity index is 726. The van der Waals surface area contributed by atoms with Crippen molar-refractivity contribution in [1.29, 1.82) is 0 Å². The Morgan fingerprint density at radius 1 is 0.633 bits per heavy atom. The van der Waals surface area contributed by atoms with E-state index in [4.69, 9.17) is 4.42 Å². The lowest BCUT2D eigenvalue weighted by molar-refractivity contribution is -0.377. The fraction of sp³-hybridized carbons (Fsp3) is 0.444. The largest absolute Gasteiger partial charge is 0.673 e. The van der Waals surface area contributed by atoms with Gasteiger partial charge in [0.25, 0.3) is 0 Å². The molecular weight excluding hydrogens is 420 g/mol. The first-order valence-corrected chi connectivity index (χ1v) is 8.88. The average Bonchev–Trinajstić information content (AvgIpc) is 2.50. The highest BCUT2D eigenvalue weighted by Gasteiger charge is 2.34. The Hall–Kier alpha value is -2.13. The van der Waals surface area contributed by atoms with Crippen LogP contribution in [0.25, 0.3) is 11.1 Å². The number of halogens is 8. The van der Waals surface area contributed by atoms with Crippen LogP contribution < -0.4 is 4.98 Å². The number of hydrogen-bond donors (Lipinski definition) is 0. The third-order valence-electron chi connectivity index (χ3n) is 3.32. The summed E-state index contributed by atoms with van der Waals surface area (Å²) in [4.78, 5) is 3.07. The maximum absolute atomic E-state index is 9.75. The molecule has 170 valence electrons. The third-order valence-corrected chi connectivity index (χ3v) is 3.32. The maximum atomic E-state index is 9.75. The lowest BCUT2D eigenvalue weighted by Crippen LogP contribution is -2.16. The van der Waals surface area contributed by atoms with Gasteiger partial charge in [-0.1, -0.05) is 0 Å². The van der Waals surface area contributed by atoms with E-state index in [2.05, 4.69) is 70.8 Å². The first-order chi connectivity index (χ1) is 13.2. The predicted molar refractivity (Wildman–Crippen MR) is 103 cm³/mol. The van der Waals surface area contributed by atoms with E-state index in [0.29, 0.717) is 0 Å². The van der Waals surface area contributed by atoms with Gasteiger partial charge < -0.3 is 34.5 Å². The highest BCUT2D eigenvalue weighted by atomic mass is 19.5. The molecule has 0 aliphatic rings. The number of rotatable bonds is 1. The van der Waals surface area contributed by atoms with Gasteiger partial charge in [0.1, 0.15) is 0 Å². The van der Waals surface area contributed by atoms with Crippen molar-refractivity contribution in [3.8, 4) is 11.1 Å². The predicted octanol–water partition coefficient (Wildman–Crippen LogP) is 7.24. The zero-order valence-electron chi connectivity index (χ0n) is 17.6. The summed E-state index contributed by atoms with van der Waals surface area (Å²) in [6, 6.07) is 8.50. The number of aromatic nitrogens is 1. The topological polar surface area (TPSA) is 25.4 Å². The van der Waals surface area contributed by atoms with Crippen LogP contribution in [-0.2, 0) is 10.8 Å². The van der Waals surface area contributed by atoms with E-state index in [0.717, 1.165) is 11.5 Å². The molecule has 30 heavy (non-hydrogen) atoms. The zero-order chi connectivity index (χ0) is 24.0. The SMILES string of the molecule is CC(C)(C)c1cc(-c2cc[nH+]cc2)cc(C(C)(C)C)[o+]1.F[B-](F)(F)F.F[B-](F)(F)F. The van der Waals surface area contributed by atoms with Crippen LogP contribution in [0, 0.1) is 0 Å². The van der Waals surface area contributed by atoms with Crippen molar-refractivity contribution >= 4 is 14.5 Å². The summed E-state index contributed by atoms with van der Waals surface area (Å²) in [5.74, 6) is 2.04. The molecule has 2 aromatic heterocycles. The molecule has 0 bridgehead atoms. The van der Waals surface area contributed by atoms with Gasteiger partial charge in [0.15, 0.2) is 12.4 Å². The minimum Gasteiger partial charge on any atom is -0.418 e. The van der Waals surface area contributed by atoms with Crippen molar-refractivity contribution in [2.75, 3.05) is 0 Å². The molecule has 0 aliphatic heterocycles. The summed E-state index contributed by atoms with van der Waals surface area (Å²) in [5, 5.41) is 0. The van der Waals surface area contributed by atoms with Gasteiger partial charge in [0, 0.05) is 29.8 Å². The molecule has 2 rings (SSSR count). The Labute approximate surface area is 170 Å². The fourth-order valence-electron chi connectivity index (χ4n) is 1.99. The van der Waals surface area contributed by atoms with Crippen molar-refractivity contribution in [3.05, 3.63) is 48.2 Å². The number of pyridine rings is 1. The normalized spacial score (nSPS) is 12.3. The summed E-state index contributed by atoms with van der Waals surface area (Å²) in [5.41, 5.74) is 2.41. The number of aromatic amines is 1. The Morgan fingerprint density at radius 3 is 1.20 bits per heavy atom. The van der Waals surface area contributed by atoms with Crippen molar-refractivity contribution in [2.24, 2.45) is 0 Å². The lowest BCUT2D eigenvalue weighted by atomic mass is 9.88. The molecule has 0 unspecified atom stereocenters. The van der Waals surface area contributed by atoms with Crippen LogP contribution >= 0.6 is 0 Å². The second kappa shape index (κ2) is 10.3. The van der Waals surface area contributed by atoms with Crippen molar-refractivity contribution in [1.82, 2.24) is 0 Å². The van der Waals surface area contributed by atoms with Crippen LogP contribution in [-0.4, -0.2) is 14.5 Å². The second-order valence-electron chi connectivity index (χ2n) is 8.35. The third kappa shape index (κ3) is 13.9. The lowest BCUT2D eigenvalue weighted by Gasteiger charge is -2.14. The van der Waals surface area contributed by atoms with Gasteiger partial charge in [-0.05, 0) is 47.1 Å². The van der Waals surface area contributed by atoms with E-state index < -0.39 is 14.5 Å². The van der Waals surface area contributed by atoms with Gasteiger partial charge in [-0.3, -0.25) is 0 Å². The van der Waals surface area contributed by atoms with Gasteiger partial charge in [-0.2, -0.15) is 0 Å². The molecule has 0 saturated carbocycles. The van der Waals surface area contributed by atoms with Crippen molar-refractivity contribution in [2.45, 2.75) is 52.4 Å². The van der Waals surface area contributed by atoms with E-state index in [1.54, 1.807) is 0 Å². The quantitative estimate of drug-likeness (QED) is 0.258. The van der Waals surface area contributed by atoms with Gasteiger partial charge in [0.05, 0.1) is 10.8 Å². The molecule has 0 saturated heterocycles. The molecule has 2 aromatic rings. The van der Waals surface area contributed by atoms with Gasteiger partial charge >= 0.3 is 26.0 Å². The molecule has 12 heteroatoms. The molecule has 1 N–H and O–H groups in total. The van der Waals surface area contributed by atoms with Crippen molar-refractivity contribution < 1.29 is 43.9 Å². The van der Waals surface area contributed by atoms with Gasteiger partial charge in [-0.25, -0.2) is 9.40 Å². The van der Waals surface area contributed by atoms with E-state index in [-0.39, 0.29) is 10.8 Å². The van der Waals surface area contributed by atoms with E-state index in [9.17, 15) is 34.5 Å². The summed E-state index contributed by atoms with van der Waals surface area (Å²) in [6.45, 7) is 13.1. The maximum Gasteiger partial charge on any atom is 0.673 e. The summed E-state index contributed by atoms with van der Waals surface area (Å²) >= 11 is 0. The number of H-pyrrole nitrogens is 1. The van der Waals surface area contributed by atoms with Crippen LogP contribution in [0.1, 0.15) is 53.1 Å². The summed E-state index contributed by atoms with van der Waals surface area (Å²) in [7, 11) is -12.0. The van der Waals surface area contributed by atoms with Crippen LogP contribution in [0.15, 0.2) is 41.1 Å². The fourth-order valence-corrected chi connectivity index (χ4v) is 1.99. The molecule has 0 spiro atoms. The molecular formula is C18H25B2F8NO. The Balaban J connectivity index is 0.000000702. The summed E-state index contributed by atoms with van der Waals surface area (Å²) < 4.78 is 84.2. The molecule has 0 aromatic carbocycles. The van der Waals surface area contributed by atoms with E-state index >= 15 is 0 Å².